The van der Waals surface area contributed by atoms with Crippen molar-refractivity contribution in [3.8, 4) is 5.75 Å². The molecule has 0 unspecified atom stereocenters. The number of benzene rings is 4. The van der Waals surface area contributed by atoms with Gasteiger partial charge in [-0.15, -0.1) is 0 Å². The lowest BCUT2D eigenvalue weighted by atomic mass is 9.78. The van der Waals surface area contributed by atoms with Gasteiger partial charge in [0.15, 0.2) is 5.78 Å². The number of carbonyl (C=O) groups excluding carboxylic acids is 2. The molecule has 1 aliphatic carbocycles. The molecule has 0 aromatic heterocycles. The second-order valence-electron chi connectivity index (χ2n) is 11.4. The fourth-order valence-corrected chi connectivity index (χ4v) is 6.37. The SMILES string of the molecule is CCCCCC(=O)N1c2ccccc2NC2=C(C(=O)C[C@H](c3ccccc3OCc3ccccc3)C2)[C@@H]1c1ccccc1. The van der Waals surface area contributed by atoms with Crippen LogP contribution in [-0.2, 0) is 16.2 Å². The van der Waals surface area contributed by atoms with Gasteiger partial charge < -0.3 is 10.1 Å². The van der Waals surface area contributed by atoms with Crippen molar-refractivity contribution in [2.45, 2.75) is 64.0 Å². The summed E-state index contributed by atoms with van der Waals surface area (Å²) in [6.07, 6.45) is 4.29. The Labute approximate surface area is 254 Å². The first-order chi connectivity index (χ1) is 21.1. The number of nitrogens with one attached hydrogen (secondary N) is 1. The van der Waals surface area contributed by atoms with E-state index in [1.54, 1.807) is 0 Å². The Morgan fingerprint density at radius 1 is 0.837 bits per heavy atom. The van der Waals surface area contributed by atoms with Gasteiger partial charge in [0.1, 0.15) is 12.4 Å². The van der Waals surface area contributed by atoms with E-state index in [9.17, 15) is 9.59 Å². The van der Waals surface area contributed by atoms with Gasteiger partial charge in [-0.1, -0.05) is 111 Å². The lowest BCUT2D eigenvalue weighted by molar-refractivity contribution is -0.119. The van der Waals surface area contributed by atoms with Gasteiger partial charge in [-0.2, -0.15) is 0 Å². The highest BCUT2D eigenvalue weighted by molar-refractivity contribution is 6.06. The van der Waals surface area contributed by atoms with Crippen molar-refractivity contribution in [2.75, 3.05) is 10.2 Å². The standard InChI is InChI=1S/C38H38N2O3/c1-2-3-6-23-36(42)40-33-21-13-12-20-31(33)39-32-24-29(25-34(41)37(32)38(40)28-17-9-5-10-18-28)30-19-11-14-22-35(30)43-26-27-15-7-4-8-16-27/h4-5,7-22,29,38-39H,2-3,6,23-26H2,1H3/t29-,38+/m1/s1. The van der Waals surface area contributed by atoms with Gasteiger partial charge in [0.05, 0.1) is 17.4 Å². The van der Waals surface area contributed by atoms with E-state index in [4.69, 9.17) is 4.74 Å². The van der Waals surface area contributed by atoms with Crippen LogP contribution in [0.15, 0.2) is 120 Å². The summed E-state index contributed by atoms with van der Waals surface area (Å²) in [6.45, 7) is 2.60. The Morgan fingerprint density at radius 2 is 1.53 bits per heavy atom. The van der Waals surface area contributed by atoms with E-state index in [1.807, 2.05) is 95.9 Å². The van der Waals surface area contributed by atoms with Crippen LogP contribution < -0.4 is 15.0 Å². The molecule has 5 heteroatoms. The number of Topliss-reactive ketones (excluding diaryl/α,β-unsaturated/α-hetero) is 1. The van der Waals surface area contributed by atoms with E-state index < -0.39 is 6.04 Å². The van der Waals surface area contributed by atoms with Gasteiger partial charge in [-0.25, -0.2) is 0 Å². The minimum atomic E-state index is -0.500. The van der Waals surface area contributed by atoms with Crippen LogP contribution in [0.1, 0.15) is 74.1 Å². The van der Waals surface area contributed by atoms with E-state index in [-0.39, 0.29) is 17.6 Å². The van der Waals surface area contributed by atoms with Crippen LogP contribution >= 0.6 is 0 Å². The number of amides is 1. The molecular formula is C38H38N2O3. The van der Waals surface area contributed by atoms with Crippen LogP contribution in [0.25, 0.3) is 0 Å². The molecule has 0 saturated heterocycles. The maximum Gasteiger partial charge on any atom is 0.227 e. The summed E-state index contributed by atoms with van der Waals surface area (Å²) in [5.74, 6) is 0.847. The Hall–Kier alpha value is -4.64. The predicted molar refractivity (Wildman–Crippen MR) is 172 cm³/mol. The van der Waals surface area contributed by atoms with Crippen molar-refractivity contribution >= 4 is 23.1 Å². The van der Waals surface area contributed by atoms with Crippen molar-refractivity contribution in [2.24, 2.45) is 0 Å². The van der Waals surface area contributed by atoms with Gasteiger partial charge in [-0.3, -0.25) is 14.5 Å². The molecule has 1 N–H and O–H groups in total. The topological polar surface area (TPSA) is 58.6 Å². The maximum absolute atomic E-state index is 14.3. The lowest BCUT2D eigenvalue weighted by Crippen LogP contribution is -2.38. The number of ether oxygens (including phenoxy) is 1. The van der Waals surface area contributed by atoms with E-state index in [1.165, 1.54) is 0 Å². The summed E-state index contributed by atoms with van der Waals surface area (Å²) in [6, 6.07) is 35.6. The van der Waals surface area contributed by atoms with Crippen LogP contribution in [-0.4, -0.2) is 11.7 Å². The molecule has 0 fully saturated rings. The highest BCUT2D eigenvalue weighted by Gasteiger charge is 2.41. The van der Waals surface area contributed by atoms with Gasteiger partial charge in [-0.05, 0) is 47.7 Å². The molecule has 0 saturated carbocycles. The number of unbranched alkanes of at least 4 members (excludes halogenated alkanes) is 2. The number of hydrogen-bond donors (Lipinski definition) is 1. The van der Waals surface area contributed by atoms with Crippen LogP contribution in [0.2, 0.25) is 0 Å². The normalized spacial score (nSPS) is 17.9. The minimum absolute atomic E-state index is 0.0416. The number of para-hydroxylation sites is 3. The van der Waals surface area contributed by atoms with Gasteiger partial charge >= 0.3 is 0 Å². The Kier molecular flexibility index (Phi) is 8.69. The molecule has 0 radical (unpaired) electrons. The quantitative estimate of drug-likeness (QED) is 0.204. The number of carbonyl (C=O) groups is 2. The fourth-order valence-electron chi connectivity index (χ4n) is 6.37. The van der Waals surface area contributed by atoms with Crippen molar-refractivity contribution in [3.05, 3.63) is 137 Å². The first-order valence-corrected chi connectivity index (χ1v) is 15.4. The number of nitrogens with zero attached hydrogens (tertiary/aromatic N) is 1. The molecule has 4 aromatic carbocycles. The van der Waals surface area contributed by atoms with Crippen molar-refractivity contribution < 1.29 is 14.3 Å². The zero-order chi connectivity index (χ0) is 29.6. The van der Waals surface area contributed by atoms with Crippen molar-refractivity contribution in [1.29, 1.82) is 0 Å². The number of ketones is 1. The average Bonchev–Trinajstić information content (AvgIpc) is 3.20. The van der Waals surface area contributed by atoms with E-state index in [2.05, 4.69) is 30.4 Å². The minimum Gasteiger partial charge on any atom is -0.489 e. The third-order valence-corrected chi connectivity index (χ3v) is 8.46. The summed E-state index contributed by atoms with van der Waals surface area (Å²) in [7, 11) is 0. The molecule has 1 aliphatic heterocycles. The highest BCUT2D eigenvalue weighted by Crippen LogP contribution is 2.48. The zero-order valence-electron chi connectivity index (χ0n) is 24.7. The third kappa shape index (κ3) is 6.12. The van der Waals surface area contributed by atoms with Gasteiger partial charge in [0.25, 0.3) is 0 Å². The van der Waals surface area contributed by atoms with Crippen molar-refractivity contribution in [1.82, 2.24) is 0 Å². The van der Waals surface area contributed by atoms with Crippen molar-refractivity contribution in [3.63, 3.8) is 0 Å². The highest BCUT2D eigenvalue weighted by atomic mass is 16.5. The third-order valence-electron chi connectivity index (χ3n) is 8.46. The number of fused-ring (bicyclic) bond motifs is 1. The Balaban J connectivity index is 1.40. The molecular weight excluding hydrogens is 532 g/mol. The predicted octanol–water partition coefficient (Wildman–Crippen LogP) is 8.75. The van der Waals surface area contributed by atoms with E-state index in [0.29, 0.717) is 31.4 Å². The molecule has 2 aliphatic rings. The molecule has 1 heterocycles. The number of allylic oxidation sites excluding steroid dienone is 1. The molecule has 1 amide bonds. The number of hydrogen-bond acceptors (Lipinski definition) is 4. The number of rotatable bonds is 9. The zero-order valence-corrected chi connectivity index (χ0v) is 24.7. The molecule has 43 heavy (non-hydrogen) atoms. The second-order valence-corrected chi connectivity index (χ2v) is 11.4. The second kappa shape index (κ2) is 13.1. The molecule has 4 aromatic rings. The first-order valence-electron chi connectivity index (χ1n) is 15.4. The Bertz CT molecular complexity index is 1610. The van der Waals surface area contributed by atoms with Crippen LogP contribution in [0.5, 0.6) is 5.75 Å². The first kappa shape index (κ1) is 28.5. The molecule has 6 rings (SSSR count). The lowest BCUT2D eigenvalue weighted by Gasteiger charge is -2.35. The number of anilines is 2. The molecule has 218 valence electrons. The molecule has 0 bridgehead atoms. The average molecular weight is 571 g/mol. The van der Waals surface area contributed by atoms with Crippen LogP contribution in [0, 0.1) is 0 Å². The summed E-state index contributed by atoms with van der Waals surface area (Å²) in [5.41, 5.74) is 6.28. The maximum atomic E-state index is 14.3. The van der Waals surface area contributed by atoms with Crippen LogP contribution in [0.3, 0.4) is 0 Å². The summed E-state index contributed by atoms with van der Waals surface area (Å²) in [4.78, 5) is 30.2. The van der Waals surface area contributed by atoms with Gasteiger partial charge in [0.2, 0.25) is 5.91 Å². The van der Waals surface area contributed by atoms with E-state index in [0.717, 1.165) is 58.8 Å². The van der Waals surface area contributed by atoms with E-state index >= 15 is 0 Å². The summed E-state index contributed by atoms with van der Waals surface area (Å²) < 4.78 is 6.31. The van der Waals surface area contributed by atoms with Crippen LogP contribution in [0.4, 0.5) is 11.4 Å². The largest absolute Gasteiger partial charge is 0.489 e. The fraction of sp³-hybridized carbons (Fsp3) is 0.263. The van der Waals surface area contributed by atoms with Gasteiger partial charge in [0, 0.05) is 30.0 Å². The molecule has 5 nitrogen and oxygen atoms in total. The molecule has 0 spiro atoms. The smallest absolute Gasteiger partial charge is 0.227 e. The molecule has 2 atom stereocenters. The monoisotopic (exact) mass is 570 g/mol. The summed E-state index contributed by atoms with van der Waals surface area (Å²) >= 11 is 0. The Morgan fingerprint density at radius 3 is 2.33 bits per heavy atom. The summed E-state index contributed by atoms with van der Waals surface area (Å²) in [5, 5.41) is 3.64.